The Balaban J connectivity index is 2.50. The molecule has 2 aromatic carbocycles. The lowest BCUT2D eigenvalue weighted by Crippen LogP contribution is -2.15. The van der Waals surface area contributed by atoms with E-state index in [2.05, 4.69) is 36.6 Å². The van der Waals surface area contributed by atoms with Gasteiger partial charge in [-0.05, 0) is 62.5 Å². The number of nitrogen functional groups attached to an aromatic ring is 1. The minimum Gasteiger partial charge on any atom is -0.399 e. The number of anilines is 2. The van der Waals surface area contributed by atoms with Crippen molar-refractivity contribution < 1.29 is 8.42 Å². The summed E-state index contributed by atoms with van der Waals surface area (Å²) in [5.74, 6) is 0. The summed E-state index contributed by atoms with van der Waals surface area (Å²) in [5.41, 5.74) is 7.53. The SMILES string of the molecule is Cc1ccccc1NS(=O)(=O)c1c(Br)cc(N)cc1Br. The van der Waals surface area contributed by atoms with E-state index in [1.807, 2.05) is 19.1 Å². The Morgan fingerprint density at radius 1 is 1.10 bits per heavy atom. The lowest BCUT2D eigenvalue weighted by Gasteiger charge is -2.13. The third-order valence-corrected chi connectivity index (χ3v) is 5.92. The second-order valence-corrected chi connectivity index (χ2v) is 7.56. The van der Waals surface area contributed by atoms with Gasteiger partial charge in [0, 0.05) is 14.6 Å². The number of hydrogen-bond acceptors (Lipinski definition) is 3. The standard InChI is InChI=1S/C13H12Br2N2O2S/c1-8-4-2-3-5-12(8)17-20(18,19)13-10(14)6-9(16)7-11(13)15/h2-7,17H,16H2,1H3. The van der Waals surface area contributed by atoms with Crippen LogP contribution in [0.5, 0.6) is 0 Å². The summed E-state index contributed by atoms with van der Waals surface area (Å²) in [4.78, 5) is 0.120. The number of nitrogens with two attached hydrogens (primary N) is 1. The number of aryl methyl sites for hydroxylation is 1. The highest BCUT2D eigenvalue weighted by Crippen LogP contribution is 2.33. The minimum atomic E-state index is -3.71. The first-order valence-electron chi connectivity index (χ1n) is 5.64. The Bertz CT molecular complexity index is 738. The molecule has 106 valence electrons. The summed E-state index contributed by atoms with van der Waals surface area (Å²) >= 11 is 6.47. The van der Waals surface area contributed by atoms with Crippen LogP contribution in [0.25, 0.3) is 0 Å². The molecule has 0 aliphatic heterocycles. The van der Waals surface area contributed by atoms with Crippen LogP contribution in [0, 0.1) is 6.92 Å². The molecule has 2 aromatic rings. The summed E-state index contributed by atoms with van der Waals surface area (Å²) in [6.07, 6.45) is 0. The summed E-state index contributed by atoms with van der Waals surface area (Å²) in [6, 6.07) is 10.3. The average molecular weight is 420 g/mol. The van der Waals surface area contributed by atoms with Crippen molar-refractivity contribution in [3.63, 3.8) is 0 Å². The maximum atomic E-state index is 12.5. The van der Waals surface area contributed by atoms with E-state index in [0.29, 0.717) is 20.3 Å². The number of nitrogens with one attached hydrogen (secondary N) is 1. The van der Waals surface area contributed by atoms with Gasteiger partial charge in [-0.3, -0.25) is 4.72 Å². The molecular formula is C13H12Br2N2O2S. The Morgan fingerprint density at radius 3 is 2.20 bits per heavy atom. The summed E-state index contributed by atoms with van der Waals surface area (Å²) in [6.45, 7) is 1.84. The van der Waals surface area contributed by atoms with Gasteiger partial charge in [0.15, 0.2) is 0 Å². The molecule has 0 bridgehead atoms. The van der Waals surface area contributed by atoms with Crippen LogP contribution in [0.1, 0.15) is 5.56 Å². The fourth-order valence-electron chi connectivity index (χ4n) is 1.72. The van der Waals surface area contributed by atoms with Crippen molar-refractivity contribution >= 4 is 53.3 Å². The molecule has 0 atom stereocenters. The molecule has 0 spiro atoms. The summed E-state index contributed by atoms with van der Waals surface area (Å²) in [7, 11) is -3.71. The largest absolute Gasteiger partial charge is 0.399 e. The zero-order valence-electron chi connectivity index (χ0n) is 10.5. The van der Waals surface area contributed by atoms with E-state index in [1.165, 1.54) is 0 Å². The van der Waals surface area contributed by atoms with Gasteiger partial charge in [0.1, 0.15) is 4.90 Å². The molecule has 0 amide bonds. The zero-order chi connectivity index (χ0) is 14.9. The van der Waals surface area contributed by atoms with Crippen molar-refractivity contribution in [2.24, 2.45) is 0 Å². The Labute approximate surface area is 134 Å². The van der Waals surface area contributed by atoms with E-state index < -0.39 is 10.0 Å². The predicted octanol–water partition coefficient (Wildman–Crippen LogP) is 3.90. The number of rotatable bonds is 3. The molecule has 0 aliphatic rings. The number of benzene rings is 2. The molecule has 4 nitrogen and oxygen atoms in total. The number of hydrogen-bond donors (Lipinski definition) is 2. The van der Waals surface area contributed by atoms with Crippen LogP contribution in [0.4, 0.5) is 11.4 Å². The first-order chi connectivity index (χ1) is 9.31. The highest BCUT2D eigenvalue weighted by atomic mass is 79.9. The first kappa shape index (κ1) is 15.3. The van der Waals surface area contributed by atoms with E-state index in [0.717, 1.165) is 5.56 Å². The molecule has 3 N–H and O–H groups in total. The molecule has 20 heavy (non-hydrogen) atoms. The lowest BCUT2D eigenvalue weighted by molar-refractivity contribution is 0.600. The monoisotopic (exact) mass is 418 g/mol. The number of sulfonamides is 1. The molecule has 0 radical (unpaired) electrons. The molecule has 0 heterocycles. The predicted molar refractivity (Wildman–Crippen MR) is 88.2 cm³/mol. The summed E-state index contributed by atoms with van der Waals surface area (Å²) < 4.78 is 28.4. The normalized spacial score (nSPS) is 11.3. The molecular weight excluding hydrogens is 408 g/mol. The molecule has 0 unspecified atom stereocenters. The van der Waals surface area contributed by atoms with Crippen molar-refractivity contribution in [3.8, 4) is 0 Å². The van der Waals surface area contributed by atoms with Crippen LogP contribution in [-0.4, -0.2) is 8.42 Å². The van der Waals surface area contributed by atoms with Crippen LogP contribution in [0.3, 0.4) is 0 Å². The van der Waals surface area contributed by atoms with Gasteiger partial charge in [0.05, 0.1) is 5.69 Å². The maximum absolute atomic E-state index is 12.5. The highest BCUT2D eigenvalue weighted by Gasteiger charge is 2.22. The van der Waals surface area contributed by atoms with Crippen molar-refractivity contribution in [3.05, 3.63) is 50.9 Å². The van der Waals surface area contributed by atoms with Crippen LogP contribution in [-0.2, 0) is 10.0 Å². The molecule has 0 saturated carbocycles. The molecule has 0 aromatic heterocycles. The van der Waals surface area contributed by atoms with Crippen LogP contribution in [0.15, 0.2) is 50.2 Å². The molecule has 0 saturated heterocycles. The van der Waals surface area contributed by atoms with Gasteiger partial charge in [-0.15, -0.1) is 0 Å². The topological polar surface area (TPSA) is 72.2 Å². The molecule has 7 heteroatoms. The van der Waals surface area contributed by atoms with E-state index in [4.69, 9.17) is 5.73 Å². The van der Waals surface area contributed by atoms with E-state index in [9.17, 15) is 8.42 Å². The molecule has 2 rings (SSSR count). The number of halogens is 2. The third kappa shape index (κ3) is 3.16. The van der Waals surface area contributed by atoms with Gasteiger partial charge in [-0.1, -0.05) is 18.2 Å². The van der Waals surface area contributed by atoms with E-state index in [-0.39, 0.29) is 4.90 Å². The Kier molecular flexibility index (Phi) is 4.41. The van der Waals surface area contributed by atoms with Gasteiger partial charge in [0.25, 0.3) is 10.0 Å². The van der Waals surface area contributed by atoms with Crippen molar-refractivity contribution in [2.75, 3.05) is 10.5 Å². The maximum Gasteiger partial charge on any atom is 0.264 e. The quantitative estimate of drug-likeness (QED) is 0.741. The Hall–Kier alpha value is -1.05. The fraction of sp³-hybridized carbons (Fsp3) is 0.0769. The van der Waals surface area contributed by atoms with Crippen molar-refractivity contribution in [1.29, 1.82) is 0 Å². The van der Waals surface area contributed by atoms with Crippen LogP contribution >= 0.6 is 31.9 Å². The van der Waals surface area contributed by atoms with E-state index in [1.54, 1.807) is 24.3 Å². The van der Waals surface area contributed by atoms with Crippen LogP contribution in [0.2, 0.25) is 0 Å². The van der Waals surface area contributed by atoms with Crippen molar-refractivity contribution in [2.45, 2.75) is 11.8 Å². The smallest absolute Gasteiger partial charge is 0.264 e. The van der Waals surface area contributed by atoms with Gasteiger partial charge in [-0.25, -0.2) is 8.42 Å². The minimum absolute atomic E-state index is 0.120. The van der Waals surface area contributed by atoms with Gasteiger partial charge < -0.3 is 5.73 Å². The fourth-order valence-corrected chi connectivity index (χ4v) is 5.47. The average Bonchev–Trinajstić information content (AvgIpc) is 2.30. The first-order valence-corrected chi connectivity index (χ1v) is 8.71. The van der Waals surface area contributed by atoms with Crippen molar-refractivity contribution in [1.82, 2.24) is 0 Å². The molecule has 0 fully saturated rings. The van der Waals surface area contributed by atoms with Gasteiger partial charge >= 0.3 is 0 Å². The second kappa shape index (κ2) is 5.75. The highest BCUT2D eigenvalue weighted by molar-refractivity contribution is 9.11. The molecule has 0 aliphatic carbocycles. The summed E-state index contributed by atoms with van der Waals surface area (Å²) in [5, 5.41) is 0. The Morgan fingerprint density at radius 2 is 1.65 bits per heavy atom. The second-order valence-electron chi connectivity index (χ2n) is 4.23. The number of para-hydroxylation sites is 1. The van der Waals surface area contributed by atoms with E-state index >= 15 is 0 Å². The third-order valence-electron chi connectivity index (χ3n) is 2.68. The zero-order valence-corrected chi connectivity index (χ0v) is 14.5. The van der Waals surface area contributed by atoms with Gasteiger partial charge in [0.2, 0.25) is 0 Å². The van der Waals surface area contributed by atoms with Crippen LogP contribution < -0.4 is 10.5 Å². The van der Waals surface area contributed by atoms with Gasteiger partial charge in [-0.2, -0.15) is 0 Å². The lowest BCUT2D eigenvalue weighted by atomic mass is 10.2.